The lowest BCUT2D eigenvalue weighted by atomic mass is 9.81. The predicted octanol–water partition coefficient (Wildman–Crippen LogP) is 5.00. The lowest BCUT2D eigenvalue weighted by Gasteiger charge is -2.30. The monoisotopic (exact) mass is 748 g/mol. The second-order valence-electron chi connectivity index (χ2n) is 13.6. The summed E-state index contributed by atoms with van der Waals surface area (Å²) in [4.78, 5) is 48.0. The minimum absolute atomic E-state index is 0.00242. The fourth-order valence-electron chi connectivity index (χ4n) is 7.46. The molecule has 1 saturated carbocycles. The number of imide groups is 1. The Hall–Kier alpha value is -4.63. The lowest BCUT2D eigenvalue weighted by Crippen LogP contribution is -2.42. The van der Waals surface area contributed by atoms with Gasteiger partial charge in [0.15, 0.2) is 0 Å². The summed E-state index contributed by atoms with van der Waals surface area (Å²) in [6.45, 7) is 1.82. The van der Waals surface area contributed by atoms with Crippen LogP contribution >= 0.6 is 11.6 Å². The fraction of sp³-hybridized carbons (Fsp3) is 0.378. The van der Waals surface area contributed by atoms with Crippen molar-refractivity contribution < 1.29 is 32.3 Å². The number of nitrogen functional groups attached to an aromatic ring is 1. The van der Waals surface area contributed by atoms with Gasteiger partial charge in [-0.1, -0.05) is 36.2 Å². The predicted molar refractivity (Wildman–Crippen MR) is 196 cm³/mol. The van der Waals surface area contributed by atoms with Gasteiger partial charge >= 0.3 is 6.03 Å². The van der Waals surface area contributed by atoms with Crippen LogP contribution in [0.1, 0.15) is 41.6 Å². The molecule has 7 rings (SSSR count). The number of nitrogens with two attached hydrogens (primary N) is 2. The zero-order chi connectivity index (χ0) is 36.6. The van der Waals surface area contributed by atoms with Crippen molar-refractivity contribution in [2.75, 3.05) is 45.1 Å². The molecule has 3 aromatic carbocycles. The van der Waals surface area contributed by atoms with Gasteiger partial charge in [0.25, 0.3) is 21.8 Å². The van der Waals surface area contributed by atoms with Crippen LogP contribution < -0.4 is 16.2 Å². The van der Waals surface area contributed by atoms with Gasteiger partial charge in [-0.3, -0.25) is 14.5 Å². The topological polar surface area (TPSA) is 181 Å². The molecule has 3 fully saturated rings. The first kappa shape index (κ1) is 35.8. The van der Waals surface area contributed by atoms with E-state index in [9.17, 15) is 22.8 Å². The number of amides is 4. The first-order valence-corrected chi connectivity index (χ1v) is 19.3. The number of halogens is 1. The van der Waals surface area contributed by atoms with Crippen molar-refractivity contribution in [3.8, 4) is 11.5 Å². The minimum atomic E-state index is -4.70. The summed E-state index contributed by atoms with van der Waals surface area (Å²) in [5, 5.41) is 1.06. The molecule has 0 spiro atoms. The van der Waals surface area contributed by atoms with Gasteiger partial charge in [-0.25, -0.2) is 17.5 Å². The van der Waals surface area contributed by atoms with Crippen LogP contribution in [0.5, 0.6) is 11.5 Å². The molecule has 15 heteroatoms. The molecule has 52 heavy (non-hydrogen) atoms. The highest BCUT2D eigenvalue weighted by Gasteiger charge is 2.52. The molecule has 3 unspecified atom stereocenters. The number of nitrogens with one attached hydrogen (secondary N) is 1. The van der Waals surface area contributed by atoms with Crippen molar-refractivity contribution in [2.24, 2.45) is 17.6 Å². The number of aromatic amines is 1. The molecule has 3 atom stereocenters. The Morgan fingerprint density at radius 2 is 1.79 bits per heavy atom. The zero-order valence-corrected chi connectivity index (χ0v) is 30.1. The van der Waals surface area contributed by atoms with Crippen LogP contribution in [0.4, 0.5) is 10.5 Å². The zero-order valence-electron chi connectivity index (χ0n) is 28.5. The van der Waals surface area contributed by atoms with Crippen LogP contribution in [0.15, 0.2) is 71.8 Å². The Morgan fingerprint density at radius 1 is 1.02 bits per heavy atom. The number of fused-ring (bicyclic) bond motifs is 1. The van der Waals surface area contributed by atoms with Crippen LogP contribution in [0.3, 0.4) is 0 Å². The smallest absolute Gasteiger partial charge is 0.341 e. The van der Waals surface area contributed by atoms with Crippen molar-refractivity contribution in [3.63, 3.8) is 0 Å². The number of nitrogens with zero attached hydrogens (tertiary/aromatic N) is 3. The molecule has 4 aromatic rings. The number of benzene rings is 3. The molecule has 1 aromatic heterocycles. The van der Waals surface area contributed by atoms with E-state index in [1.807, 2.05) is 24.3 Å². The number of rotatable bonds is 10. The summed E-state index contributed by atoms with van der Waals surface area (Å²) >= 11 is 6.22. The third kappa shape index (κ3) is 6.95. The molecule has 3 aliphatic rings. The normalized spacial score (nSPS) is 21.3. The lowest BCUT2D eigenvalue weighted by molar-refractivity contribution is -0.128. The molecule has 2 saturated heterocycles. The second kappa shape index (κ2) is 14.8. The van der Waals surface area contributed by atoms with Crippen LogP contribution in [-0.4, -0.2) is 90.8 Å². The number of aromatic nitrogens is 1. The van der Waals surface area contributed by atoms with Gasteiger partial charge in [-0.2, -0.15) is 0 Å². The quantitative estimate of drug-likeness (QED) is 0.149. The van der Waals surface area contributed by atoms with E-state index in [2.05, 4.69) is 4.98 Å². The third-order valence-electron chi connectivity index (χ3n) is 10.2. The summed E-state index contributed by atoms with van der Waals surface area (Å²) in [5.74, 6) is -0.435. The number of sulfonamides is 1. The molecule has 2 aliphatic heterocycles. The van der Waals surface area contributed by atoms with Gasteiger partial charge in [-0.05, 0) is 79.6 Å². The first-order chi connectivity index (χ1) is 25.0. The molecule has 4 amide bonds. The van der Waals surface area contributed by atoms with Crippen molar-refractivity contribution in [2.45, 2.75) is 43.0 Å². The number of hydrogen-bond donors (Lipinski definition) is 3. The van der Waals surface area contributed by atoms with E-state index in [0.29, 0.717) is 35.3 Å². The molecule has 0 bridgehead atoms. The Labute approximate surface area is 306 Å². The van der Waals surface area contributed by atoms with E-state index in [1.165, 1.54) is 24.3 Å². The van der Waals surface area contributed by atoms with Crippen molar-refractivity contribution in [1.29, 1.82) is 0 Å². The Kier molecular flexibility index (Phi) is 10.2. The molecule has 274 valence electrons. The highest BCUT2D eigenvalue weighted by molar-refractivity contribution is 7.89. The van der Waals surface area contributed by atoms with Gasteiger partial charge < -0.3 is 30.8 Å². The van der Waals surface area contributed by atoms with Gasteiger partial charge in [0.05, 0.1) is 34.4 Å². The molecule has 0 radical (unpaired) electrons. The van der Waals surface area contributed by atoms with Crippen molar-refractivity contribution in [1.82, 2.24) is 19.1 Å². The Morgan fingerprint density at radius 3 is 2.56 bits per heavy atom. The van der Waals surface area contributed by atoms with Crippen LogP contribution in [0.25, 0.3) is 10.9 Å². The van der Waals surface area contributed by atoms with Crippen LogP contribution in [0, 0.1) is 11.8 Å². The number of para-hydroxylation sites is 1. The van der Waals surface area contributed by atoms with Crippen LogP contribution in [0.2, 0.25) is 5.02 Å². The average molecular weight is 749 g/mol. The number of hydrogen-bond acceptors (Lipinski definition) is 9. The van der Waals surface area contributed by atoms with Gasteiger partial charge in [0, 0.05) is 49.2 Å². The van der Waals surface area contributed by atoms with Gasteiger partial charge in [0.1, 0.15) is 17.5 Å². The number of carbonyl (C=O) groups excluding carboxylic acids is 3. The highest BCUT2D eigenvalue weighted by atomic mass is 35.5. The molecular formula is C37H41ClN6O7S. The van der Waals surface area contributed by atoms with E-state index in [4.69, 9.17) is 32.5 Å². The molecule has 1 aliphatic carbocycles. The van der Waals surface area contributed by atoms with Gasteiger partial charge in [-0.15, -0.1) is 0 Å². The van der Waals surface area contributed by atoms with E-state index in [-0.39, 0.29) is 64.9 Å². The number of ether oxygens (including phenoxy) is 2. The average Bonchev–Trinajstić information content (AvgIpc) is 3.67. The Bertz CT molecular complexity index is 2120. The van der Waals surface area contributed by atoms with E-state index in [1.54, 1.807) is 23.2 Å². The standard InChI is InChI=1S/C37H41ClN6O7S/c38-30-18-26(8-10-31(30)40)51-34-11-9-27(19-29(34)35(45)42-12-14-50-15-13-42)52(48,49)44-33(17-25-21-41-32-7-2-1-6-28(25)32)36(46)43(37(44)47)22-24-5-3-4-23(16-24)20-39/h1-2,6-11,18-19,21,23-24,33,41H,3-5,12-17,20,22,39-40H2. The molecule has 5 N–H and O–H groups in total. The summed E-state index contributed by atoms with van der Waals surface area (Å²) in [5.41, 5.74) is 13.6. The van der Waals surface area contributed by atoms with Gasteiger partial charge in [0.2, 0.25) is 0 Å². The first-order valence-electron chi connectivity index (χ1n) is 17.4. The summed E-state index contributed by atoms with van der Waals surface area (Å²) < 4.78 is 41.6. The van der Waals surface area contributed by atoms with Crippen LogP contribution in [-0.2, 0) is 26.0 Å². The van der Waals surface area contributed by atoms with E-state index >= 15 is 0 Å². The SMILES string of the molecule is NCC1CCCC(CN2C(=O)C(Cc3c[nH]c4ccccc34)N(S(=O)(=O)c3ccc(Oc4ccc(N)c(Cl)c4)c(C(=O)N4CCOCC4)c3)C2=O)C1. The number of carbonyl (C=O) groups is 3. The molecule has 13 nitrogen and oxygen atoms in total. The number of morpholine rings is 1. The molecule has 3 heterocycles. The second-order valence-corrected chi connectivity index (χ2v) is 15.8. The maximum Gasteiger partial charge on any atom is 0.341 e. The number of anilines is 1. The minimum Gasteiger partial charge on any atom is -0.456 e. The largest absolute Gasteiger partial charge is 0.456 e. The van der Waals surface area contributed by atoms with Crippen molar-refractivity contribution in [3.05, 3.63) is 83.0 Å². The summed E-state index contributed by atoms with van der Waals surface area (Å²) in [6, 6.07) is 13.7. The van der Waals surface area contributed by atoms with Crippen molar-refractivity contribution >= 4 is 56.1 Å². The number of H-pyrrole nitrogens is 1. The fourth-order valence-corrected chi connectivity index (χ4v) is 9.17. The van der Waals surface area contributed by atoms with E-state index in [0.717, 1.165) is 41.5 Å². The summed E-state index contributed by atoms with van der Waals surface area (Å²) in [7, 11) is -4.70. The summed E-state index contributed by atoms with van der Waals surface area (Å²) in [6.07, 6.45) is 5.15. The number of urea groups is 1. The Balaban J connectivity index is 1.27. The maximum absolute atomic E-state index is 14.7. The molecular weight excluding hydrogens is 708 g/mol. The maximum atomic E-state index is 14.7. The highest BCUT2D eigenvalue weighted by Crippen LogP contribution is 2.37. The third-order valence-corrected chi connectivity index (χ3v) is 12.3. The van der Waals surface area contributed by atoms with E-state index < -0.39 is 33.9 Å².